The Bertz CT molecular complexity index is 965. The van der Waals surface area contributed by atoms with Crippen LogP contribution in [0.4, 0.5) is 0 Å². The molecule has 0 spiro atoms. The van der Waals surface area contributed by atoms with Crippen LogP contribution in [0.25, 0.3) is 16.9 Å². The lowest BCUT2D eigenvalue weighted by Gasteiger charge is -2.13. The SMILES string of the molecule is CCC(C)c1cc(=O)n2[nH]c(-c3cc(OC)c(OC)c(OC)c3)cc2n1. The molecule has 3 aromatic rings. The summed E-state index contributed by atoms with van der Waals surface area (Å²) in [5.74, 6) is 1.83. The van der Waals surface area contributed by atoms with Gasteiger partial charge < -0.3 is 14.2 Å². The van der Waals surface area contributed by atoms with E-state index in [0.717, 1.165) is 23.4 Å². The Balaban J connectivity index is 2.17. The van der Waals surface area contributed by atoms with Crippen molar-refractivity contribution in [1.29, 1.82) is 0 Å². The molecule has 0 bridgehead atoms. The molecule has 0 aliphatic rings. The third-order valence-electron chi connectivity index (χ3n) is 4.56. The molecule has 0 aliphatic heterocycles. The molecule has 2 heterocycles. The molecule has 1 N–H and O–H groups in total. The summed E-state index contributed by atoms with van der Waals surface area (Å²) in [6.07, 6.45) is 0.923. The van der Waals surface area contributed by atoms with Gasteiger partial charge in [0, 0.05) is 17.7 Å². The Kier molecular flexibility index (Phi) is 4.88. The van der Waals surface area contributed by atoms with Crippen LogP contribution in [-0.2, 0) is 0 Å². The van der Waals surface area contributed by atoms with Crippen molar-refractivity contribution < 1.29 is 14.2 Å². The van der Waals surface area contributed by atoms with Gasteiger partial charge in [-0.15, -0.1) is 0 Å². The molecule has 0 radical (unpaired) electrons. The Morgan fingerprint density at radius 3 is 2.27 bits per heavy atom. The van der Waals surface area contributed by atoms with Crippen LogP contribution in [0.15, 0.2) is 29.1 Å². The van der Waals surface area contributed by atoms with Crippen LogP contribution in [-0.4, -0.2) is 35.9 Å². The molecular weight excluding hydrogens is 334 g/mol. The molecular formula is C19H23N3O4. The maximum Gasteiger partial charge on any atom is 0.272 e. The topological polar surface area (TPSA) is 77.9 Å². The number of rotatable bonds is 6. The Morgan fingerprint density at radius 2 is 1.73 bits per heavy atom. The molecule has 138 valence electrons. The van der Waals surface area contributed by atoms with Gasteiger partial charge in [0.05, 0.1) is 32.7 Å². The highest BCUT2D eigenvalue weighted by Crippen LogP contribution is 2.40. The van der Waals surface area contributed by atoms with Gasteiger partial charge in [-0.1, -0.05) is 13.8 Å². The van der Waals surface area contributed by atoms with Gasteiger partial charge in [0.25, 0.3) is 5.56 Å². The molecule has 1 unspecified atom stereocenters. The van der Waals surface area contributed by atoms with Crippen molar-refractivity contribution in [2.45, 2.75) is 26.2 Å². The molecule has 7 nitrogen and oxygen atoms in total. The summed E-state index contributed by atoms with van der Waals surface area (Å²) in [7, 11) is 4.69. The van der Waals surface area contributed by atoms with E-state index in [4.69, 9.17) is 14.2 Å². The minimum Gasteiger partial charge on any atom is -0.493 e. The predicted molar refractivity (Wildman–Crippen MR) is 99.6 cm³/mol. The van der Waals surface area contributed by atoms with Crippen molar-refractivity contribution in [3.63, 3.8) is 0 Å². The van der Waals surface area contributed by atoms with E-state index in [0.29, 0.717) is 22.9 Å². The van der Waals surface area contributed by atoms with Gasteiger partial charge in [-0.25, -0.2) is 9.50 Å². The molecule has 1 atom stereocenters. The molecule has 7 heteroatoms. The average Bonchev–Trinajstić information content (AvgIpc) is 3.10. The van der Waals surface area contributed by atoms with Crippen molar-refractivity contribution in [3.8, 4) is 28.5 Å². The molecule has 26 heavy (non-hydrogen) atoms. The summed E-state index contributed by atoms with van der Waals surface area (Å²) in [5.41, 5.74) is 2.78. The van der Waals surface area contributed by atoms with Crippen LogP contribution < -0.4 is 19.8 Å². The van der Waals surface area contributed by atoms with Crippen molar-refractivity contribution >= 4 is 5.65 Å². The van der Waals surface area contributed by atoms with Crippen LogP contribution in [0.2, 0.25) is 0 Å². The minimum atomic E-state index is -0.135. The highest BCUT2D eigenvalue weighted by atomic mass is 16.5. The van der Waals surface area contributed by atoms with Crippen LogP contribution in [0.1, 0.15) is 31.9 Å². The van der Waals surface area contributed by atoms with Crippen LogP contribution in [0.5, 0.6) is 17.2 Å². The van der Waals surface area contributed by atoms with Gasteiger partial charge in [0.2, 0.25) is 5.75 Å². The van der Waals surface area contributed by atoms with Crippen LogP contribution >= 0.6 is 0 Å². The number of benzene rings is 1. The number of ether oxygens (including phenoxy) is 3. The van der Waals surface area contributed by atoms with Crippen LogP contribution in [0.3, 0.4) is 0 Å². The summed E-state index contributed by atoms with van der Waals surface area (Å²) >= 11 is 0. The van der Waals surface area contributed by atoms with E-state index in [1.807, 2.05) is 18.2 Å². The molecule has 0 saturated heterocycles. The summed E-state index contributed by atoms with van der Waals surface area (Å²) in [5, 5.41) is 3.09. The van der Waals surface area contributed by atoms with E-state index in [1.54, 1.807) is 27.4 Å². The number of aromatic amines is 1. The number of fused-ring (bicyclic) bond motifs is 1. The number of aromatic nitrogens is 3. The average molecular weight is 357 g/mol. The van der Waals surface area contributed by atoms with E-state index in [2.05, 4.69) is 23.9 Å². The molecule has 1 aromatic carbocycles. The third-order valence-corrected chi connectivity index (χ3v) is 4.56. The first-order valence-electron chi connectivity index (χ1n) is 8.45. The predicted octanol–water partition coefficient (Wildman–Crippen LogP) is 3.23. The first-order chi connectivity index (χ1) is 12.5. The molecule has 0 amide bonds. The molecule has 0 aliphatic carbocycles. The van der Waals surface area contributed by atoms with E-state index < -0.39 is 0 Å². The van der Waals surface area contributed by atoms with E-state index >= 15 is 0 Å². The zero-order chi connectivity index (χ0) is 18.8. The first-order valence-corrected chi connectivity index (χ1v) is 8.45. The van der Waals surface area contributed by atoms with Crippen molar-refractivity contribution in [3.05, 3.63) is 40.3 Å². The first kappa shape index (κ1) is 17.8. The quantitative estimate of drug-likeness (QED) is 0.733. The van der Waals surface area contributed by atoms with Gasteiger partial charge in [-0.05, 0) is 24.5 Å². The van der Waals surface area contributed by atoms with Gasteiger partial charge in [-0.2, -0.15) is 0 Å². The summed E-state index contributed by atoms with van der Waals surface area (Å²) < 4.78 is 17.6. The maximum absolute atomic E-state index is 12.4. The second kappa shape index (κ2) is 7.11. The third kappa shape index (κ3) is 3.00. The summed E-state index contributed by atoms with van der Waals surface area (Å²) in [6.45, 7) is 4.14. The summed E-state index contributed by atoms with van der Waals surface area (Å²) in [6, 6.07) is 7.07. The maximum atomic E-state index is 12.4. The van der Waals surface area contributed by atoms with Crippen molar-refractivity contribution in [2.75, 3.05) is 21.3 Å². The second-order valence-electron chi connectivity index (χ2n) is 6.11. The fourth-order valence-electron chi connectivity index (χ4n) is 2.86. The lowest BCUT2D eigenvalue weighted by Crippen LogP contribution is -2.16. The zero-order valence-corrected chi connectivity index (χ0v) is 15.6. The smallest absolute Gasteiger partial charge is 0.272 e. The van der Waals surface area contributed by atoms with E-state index in [9.17, 15) is 4.79 Å². The van der Waals surface area contributed by atoms with Gasteiger partial charge in [-0.3, -0.25) is 9.89 Å². The fraction of sp³-hybridized carbons (Fsp3) is 0.368. The summed E-state index contributed by atoms with van der Waals surface area (Å²) in [4.78, 5) is 17.0. The minimum absolute atomic E-state index is 0.135. The largest absolute Gasteiger partial charge is 0.493 e. The molecule has 2 aromatic heterocycles. The van der Waals surface area contributed by atoms with Gasteiger partial charge in [0.1, 0.15) is 0 Å². The highest BCUT2D eigenvalue weighted by molar-refractivity contribution is 5.71. The molecule has 0 fully saturated rings. The number of hydrogen-bond donors (Lipinski definition) is 1. The van der Waals surface area contributed by atoms with Crippen molar-refractivity contribution in [1.82, 2.24) is 14.6 Å². The van der Waals surface area contributed by atoms with Crippen LogP contribution in [0, 0.1) is 0 Å². The molecule has 3 rings (SSSR count). The number of H-pyrrole nitrogens is 1. The second-order valence-corrected chi connectivity index (χ2v) is 6.11. The Hall–Kier alpha value is -2.96. The lowest BCUT2D eigenvalue weighted by molar-refractivity contribution is 0.324. The van der Waals surface area contributed by atoms with Crippen molar-refractivity contribution in [2.24, 2.45) is 0 Å². The standard InChI is InChI=1S/C19H23N3O4/c1-6-11(2)13-10-18(23)22-17(20-13)9-14(21-22)12-7-15(24-3)19(26-5)16(8-12)25-4/h7-11,21H,6H2,1-5H3. The normalized spacial score (nSPS) is 12.2. The monoisotopic (exact) mass is 357 g/mol. The Morgan fingerprint density at radius 1 is 1.08 bits per heavy atom. The number of methoxy groups -OCH3 is 3. The van der Waals surface area contributed by atoms with E-state index in [-0.39, 0.29) is 11.5 Å². The number of nitrogens with one attached hydrogen (secondary N) is 1. The number of nitrogens with zero attached hydrogens (tertiary/aromatic N) is 2. The fourth-order valence-corrected chi connectivity index (χ4v) is 2.86. The molecule has 0 saturated carbocycles. The lowest BCUT2D eigenvalue weighted by atomic mass is 10.1. The Labute approximate surface area is 151 Å². The van der Waals surface area contributed by atoms with Gasteiger partial charge >= 0.3 is 0 Å². The highest BCUT2D eigenvalue weighted by Gasteiger charge is 2.16. The zero-order valence-electron chi connectivity index (χ0n) is 15.6. The van der Waals surface area contributed by atoms with E-state index in [1.165, 1.54) is 4.52 Å². The van der Waals surface area contributed by atoms with Gasteiger partial charge in [0.15, 0.2) is 17.1 Å². The number of hydrogen-bond acceptors (Lipinski definition) is 5.